The van der Waals surface area contributed by atoms with E-state index in [9.17, 15) is 14.7 Å². The fourth-order valence-electron chi connectivity index (χ4n) is 2.53. The van der Waals surface area contributed by atoms with Crippen molar-refractivity contribution < 1.29 is 19.8 Å². The molecule has 3 rings (SSSR count). The second-order valence-electron chi connectivity index (χ2n) is 4.93. The van der Waals surface area contributed by atoms with Crippen molar-refractivity contribution in [2.24, 2.45) is 0 Å². The largest absolute Gasteiger partial charge is 0.480 e. The monoisotopic (exact) mass is 291 g/mol. The number of β-amino-alcohol motifs (C(OH)–C–C–N with tert-alkyl or cyclic N) is 1. The molecule has 9 nitrogen and oxygen atoms in total. The standard InChI is InChI=1S/C12H13N5O4/c1-6-8(3-13-12-14-5-15-17(6)12)10(19)16-4-7(18)2-9(16)11(20)21/h3,5,7,9,18H,2,4H2,1H3,(H,20,21)/t7-,9+/m1/s1. The van der Waals surface area contributed by atoms with Crippen LogP contribution in [0, 0.1) is 6.92 Å². The van der Waals surface area contributed by atoms with Gasteiger partial charge in [0.15, 0.2) is 0 Å². The lowest BCUT2D eigenvalue weighted by Gasteiger charge is -2.21. The molecule has 3 heterocycles. The number of carboxylic acids is 1. The number of aliphatic carboxylic acids is 1. The minimum atomic E-state index is -1.13. The highest BCUT2D eigenvalue weighted by Crippen LogP contribution is 2.22. The van der Waals surface area contributed by atoms with Crippen molar-refractivity contribution in [3.63, 3.8) is 0 Å². The Balaban J connectivity index is 2.00. The second-order valence-corrected chi connectivity index (χ2v) is 4.93. The molecule has 9 heteroatoms. The summed E-state index contributed by atoms with van der Waals surface area (Å²) in [6, 6.07) is -1.03. The minimum absolute atomic E-state index is 0.00929. The number of rotatable bonds is 2. The summed E-state index contributed by atoms with van der Waals surface area (Å²) in [6.07, 6.45) is 1.87. The summed E-state index contributed by atoms with van der Waals surface area (Å²) in [5.74, 6) is -1.26. The zero-order chi connectivity index (χ0) is 15.1. The van der Waals surface area contributed by atoms with Gasteiger partial charge in [0.05, 0.1) is 17.4 Å². The predicted molar refractivity (Wildman–Crippen MR) is 68.6 cm³/mol. The molecule has 1 fully saturated rings. The van der Waals surface area contributed by atoms with E-state index in [0.29, 0.717) is 11.5 Å². The Morgan fingerprint density at radius 2 is 2.14 bits per heavy atom. The zero-order valence-electron chi connectivity index (χ0n) is 11.2. The van der Waals surface area contributed by atoms with Crippen LogP contribution in [-0.4, -0.2) is 65.3 Å². The zero-order valence-corrected chi connectivity index (χ0v) is 11.2. The molecule has 1 aliphatic rings. The van der Waals surface area contributed by atoms with Crippen LogP contribution < -0.4 is 0 Å². The minimum Gasteiger partial charge on any atom is -0.480 e. The van der Waals surface area contributed by atoms with Crippen LogP contribution in [0.5, 0.6) is 0 Å². The van der Waals surface area contributed by atoms with Crippen molar-refractivity contribution in [2.45, 2.75) is 25.5 Å². The summed E-state index contributed by atoms with van der Waals surface area (Å²) in [4.78, 5) is 32.8. The fourth-order valence-corrected chi connectivity index (χ4v) is 2.53. The number of fused-ring (bicyclic) bond motifs is 1. The van der Waals surface area contributed by atoms with Crippen LogP contribution >= 0.6 is 0 Å². The van der Waals surface area contributed by atoms with Gasteiger partial charge in [-0.25, -0.2) is 14.3 Å². The van der Waals surface area contributed by atoms with E-state index in [4.69, 9.17) is 5.11 Å². The number of hydrogen-bond donors (Lipinski definition) is 2. The molecule has 2 atom stereocenters. The van der Waals surface area contributed by atoms with Gasteiger partial charge >= 0.3 is 5.97 Å². The van der Waals surface area contributed by atoms with Gasteiger partial charge < -0.3 is 15.1 Å². The Morgan fingerprint density at radius 1 is 1.38 bits per heavy atom. The number of nitrogens with zero attached hydrogens (tertiary/aromatic N) is 5. The summed E-state index contributed by atoms with van der Waals surface area (Å²) in [7, 11) is 0. The van der Waals surface area contributed by atoms with E-state index in [1.165, 1.54) is 17.0 Å². The van der Waals surface area contributed by atoms with Crippen LogP contribution in [0.3, 0.4) is 0 Å². The van der Waals surface area contributed by atoms with Crippen LogP contribution in [-0.2, 0) is 4.79 Å². The molecule has 0 spiro atoms. The first-order chi connectivity index (χ1) is 9.99. The molecule has 2 N–H and O–H groups in total. The van der Waals surface area contributed by atoms with Crippen molar-refractivity contribution in [1.82, 2.24) is 24.5 Å². The molecule has 0 aromatic carbocycles. The predicted octanol–water partition coefficient (Wildman–Crippen LogP) is -0.907. The van der Waals surface area contributed by atoms with Crippen LogP contribution in [0.25, 0.3) is 5.78 Å². The highest BCUT2D eigenvalue weighted by Gasteiger charge is 2.39. The number of amides is 1. The third kappa shape index (κ3) is 2.11. The molecule has 0 bridgehead atoms. The van der Waals surface area contributed by atoms with E-state index in [1.807, 2.05) is 0 Å². The maximum Gasteiger partial charge on any atom is 0.326 e. The van der Waals surface area contributed by atoms with Gasteiger partial charge in [-0.1, -0.05) is 0 Å². The maximum absolute atomic E-state index is 12.5. The molecule has 2 aromatic heterocycles. The number of carbonyl (C=O) groups excluding carboxylic acids is 1. The van der Waals surface area contributed by atoms with Crippen molar-refractivity contribution >= 4 is 17.7 Å². The number of aliphatic hydroxyl groups is 1. The normalized spacial score (nSPS) is 21.9. The van der Waals surface area contributed by atoms with Gasteiger partial charge in [0.25, 0.3) is 11.7 Å². The van der Waals surface area contributed by atoms with E-state index in [0.717, 1.165) is 4.90 Å². The topological polar surface area (TPSA) is 121 Å². The van der Waals surface area contributed by atoms with Crippen molar-refractivity contribution in [3.05, 3.63) is 23.8 Å². The summed E-state index contributed by atoms with van der Waals surface area (Å²) >= 11 is 0. The number of aliphatic hydroxyl groups excluding tert-OH is 1. The average molecular weight is 291 g/mol. The first-order valence-corrected chi connectivity index (χ1v) is 6.36. The van der Waals surface area contributed by atoms with E-state index in [2.05, 4.69) is 15.1 Å². The van der Waals surface area contributed by atoms with Gasteiger partial charge in [-0.05, 0) is 6.92 Å². The molecule has 2 aromatic rings. The molecular formula is C12H13N5O4. The third-order valence-electron chi connectivity index (χ3n) is 3.60. The average Bonchev–Trinajstić information content (AvgIpc) is 3.05. The fraction of sp³-hybridized carbons (Fsp3) is 0.417. The van der Waals surface area contributed by atoms with Gasteiger partial charge in [0.1, 0.15) is 12.4 Å². The van der Waals surface area contributed by atoms with Crippen molar-refractivity contribution in [1.29, 1.82) is 0 Å². The number of likely N-dealkylation sites (tertiary alicyclic amines) is 1. The molecule has 0 saturated carbocycles. The number of carboxylic acid groups (broad SMARTS) is 1. The van der Waals surface area contributed by atoms with Gasteiger partial charge in [0.2, 0.25) is 0 Å². The number of aryl methyl sites for hydroxylation is 1. The van der Waals surface area contributed by atoms with Crippen molar-refractivity contribution in [3.8, 4) is 0 Å². The van der Waals surface area contributed by atoms with Gasteiger partial charge in [-0.2, -0.15) is 10.1 Å². The highest BCUT2D eigenvalue weighted by molar-refractivity contribution is 5.97. The second kappa shape index (κ2) is 4.77. The van der Waals surface area contributed by atoms with Crippen LogP contribution in [0.2, 0.25) is 0 Å². The van der Waals surface area contributed by atoms with E-state index >= 15 is 0 Å². The summed E-state index contributed by atoms with van der Waals surface area (Å²) < 4.78 is 1.41. The summed E-state index contributed by atoms with van der Waals surface area (Å²) in [5, 5.41) is 22.7. The Hall–Kier alpha value is -2.55. The Kier molecular flexibility index (Phi) is 3.05. The highest BCUT2D eigenvalue weighted by atomic mass is 16.4. The maximum atomic E-state index is 12.5. The Bertz CT molecular complexity index is 728. The first-order valence-electron chi connectivity index (χ1n) is 6.36. The molecule has 1 aliphatic heterocycles. The molecule has 0 unspecified atom stereocenters. The van der Waals surface area contributed by atoms with E-state index in [-0.39, 0.29) is 18.5 Å². The molecule has 110 valence electrons. The van der Waals surface area contributed by atoms with Crippen LogP contribution in [0.4, 0.5) is 0 Å². The number of aromatic nitrogens is 4. The number of hydrogen-bond acceptors (Lipinski definition) is 6. The molecular weight excluding hydrogens is 278 g/mol. The lowest BCUT2D eigenvalue weighted by Crippen LogP contribution is -2.41. The molecule has 0 aliphatic carbocycles. The van der Waals surface area contributed by atoms with Crippen LogP contribution in [0.15, 0.2) is 12.5 Å². The molecule has 1 saturated heterocycles. The number of carbonyl (C=O) groups is 2. The summed E-state index contributed by atoms with van der Waals surface area (Å²) in [5.41, 5.74) is 0.765. The van der Waals surface area contributed by atoms with E-state index < -0.39 is 24.0 Å². The SMILES string of the molecule is Cc1c(C(=O)N2C[C@H](O)C[C@H]2C(=O)O)cnc2ncnn12. The lowest BCUT2D eigenvalue weighted by molar-refractivity contribution is -0.141. The molecule has 1 amide bonds. The van der Waals surface area contributed by atoms with E-state index in [1.54, 1.807) is 6.92 Å². The Morgan fingerprint density at radius 3 is 2.86 bits per heavy atom. The smallest absolute Gasteiger partial charge is 0.326 e. The third-order valence-corrected chi connectivity index (χ3v) is 3.60. The Labute approximate surface area is 118 Å². The van der Waals surface area contributed by atoms with Crippen molar-refractivity contribution in [2.75, 3.05) is 6.54 Å². The quantitative estimate of drug-likeness (QED) is 0.734. The van der Waals surface area contributed by atoms with Gasteiger partial charge in [-0.15, -0.1) is 0 Å². The van der Waals surface area contributed by atoms with Crippen LogP contribution in [0.1, 0.15) is 22.5 Å². The molecule has 0 radical (unpaired) electrons. The summed E-state index contributed by atoms with van der Waals surface area (Å²) in [6.45, 7) is 1.67. The van der Waals surface area contributed by atoms with Gasteiger partial charge in [0, 0.05) is 19.2 Å². The first kappa shape index (κ1) is 13.4. The lowest BCUT2D eigenvalue weighted by atomic mass is 10.1. The van der Waals surface area contributed by atoms with Gasteiger partial charge in [-0.3, -0.25) is 4.79 Å². The molecule has 21 heavy (non-hydrogen) atoms.